The molecule has 6 nitrogen and oxygen atoms in total. The van der Waals surface area contributed by atoms with Gasteiger partial charge in [-0.15, -0.1) is 0 Å². The summed E-state index contributed by atoms with van der Waals surface area (Å²) in [6.07, 6.45) is 0. The zero-order chi connectivity index (χ0) is 21.7. The quantitative estimate of drug-likeness (QED) is 0.576. The first-order chi connectivity index (χ1) is 14.3. The van der Waals surface area contributed by atoms with E-state index in [2.05, 4.69) is 16.0 Å². The molecule has 0 bridgehead atoms. The number of nitrogens with one attached hydrogen (secondary N) is 3. The van der Waals surface area contributed by atoms with Gasteiger partial charge in [0.05, 0.1) is 0 Å². The molecule has 6 heteroatoms. The zero-order valence-electron chi connectivity index (χ0n) is 17.1. The first kappa shape index (κ1) is 20.8. The van der Waals surface area contributed by atoms with Gasteiger partial charge in [0.25, 0.3) is 11.8 Å². The summed E-state index contributed by atoms with van der Waals surface area (Å²) in [7, 11) is 0. The highest BCUT2D eigenvalue weighted by atomic mass is 16.2. The lowest BCUT2D eigenvalue weighted by Crippen LogP contribution is -2.16. The fourth-order valence-corrected chi connectivity index (χ4v) is 2.91. The van der Waals surface area contributed by atoms with Gasteiger partial charge in [-0.05, 0) is 61.4 Å². The van der Waals surface area contributed by atoms with Crippen LogP contribution in [0.3, 0.4) is 0 Å². The average Bonchev–Trinajstić information content (AvgIpc) is 2.72. The predicted octanol–water partition coefficient (Wildman–Crippen LogP) is 4.77. The number of carbonyl (C=O) groups excluding carboxylic acids is 3. The summed E-state index contributed by atoms with van der Waals surface area (Å²) >= 11 is 0. The lowest BCUT2D eigenvalue weighted by Gasteiger charge is -2.13. The molecule has 3 aromatic rings. The van der Waals surface area contributed by atoms with Crippen LogP contribution in [0.2, 0.25) is 0 Å². The van der Waals surface area contributed by atoms with E-state index in [1.165, 1.54) is 6.92 Å². The smallest absolute Gasteiger partial charge is 0.255 e. The fraction of sp³-hybridized carbons (Fsp3) is 0.125. The molecule has 0 aliphatic carbocycles. The van der Waals surface area contributed by atoms with Crippen molar-refractivity contribution < 1.29 is 14.4 Å². The van der Waals surface area contributed by atoms with Gasteiger partial charge in [-0.25, -0.2) is 0 Å². The molecular formula is C24H23N3O3. The monoisotopic (exact) mass is 401 g/mol. The molecule has 3 N–H and O–H groups in total. The van der Waals surface area contributed by atoms with Gasteiger partial charge in [0.15, 0.2) is 0 Å². The third kappa shape index (κ3) is 5.11. The van der Waals surface area contributed by atoms with E-state index in [1.807, 2.05) is 26.0 Å². The van der Waals surface area contributed by atoms with Gasteiger partial charge in [-0.3, -0.25) is 14.4 Å². The Morgan fingerprint density at radius 2 is 1.20 bits per heavy atom. The highest BCUT2D eigenvalue weighted by Gasteiger charge is 2.13. The Labute approximate surface area is 175 Å². The molecule has 0 spiro atoms. The molecule has 0 atom stereocenters. The number of aryl methyl sites for hydroxylation is 2. The summed E-state index contributed by atoms with van der Waals surface area (Å²) in [6.45, 7) is 5.16. The summed E-state index contributed by atoms with van der Waals surface area (Å²) < 4.78 is 0. The summed E-state index contributed by atoms with van der Waals surface area (Å²) in [5.74, 6) is -0.739. The summed E-state index contributed by atoms with van der Waals surface area (Å²) in [5, 5.41) is 8.43. The van der Waals surface area contributed by atoms with Crippen LogP contribution in [-0.2, 0) is 4.79 Å². The van der Waals surface area contributed by atoms with E-state index in [4.69, 9.17) is 0 Å². The van der Waals surface area contributed by atoms with E-state index in [9.17, 15) is 14.4 Å². The molecule has 0 radical (unpaired) electrons. The number of rotatable bonds is 5. The normalized spacial score (nSPS) is 10.2. The van der Waals surface area contributed by atoms with E-state index in [-0.39, 0.29) is 17.7 Å². The molecule has 0 fully saturated rings. The molecule has 0 saturated carbocycles. The molecule has 0 saturated heterocycles. The van der Waals surface area contributed by atoms with Gasteiger partial charge in [-0.1, -0.05) is 30.3 Å². The van der Waals surface area contributed by atoms with E-state index in [0.29, 0.717) is 28.2 Å². The number of hydrogen-bond donors (Lipinski definition) is 3. The van der Waals surface area contributed by atoms with Crippen molar-refractivity contribution in [1.82, 2.24) is 0 Å². The summed E-state index contributed by atoms with van der Waals surface area (Å²) in [6, 6.07) is 19.3. The molecular weight excluding hydrogens is 378 g/mol. The van der Waals surface area contributed by atoms with Crippen molar-refractivity contribution in [3.05, 3.63) is 89.0 Å². The van der Waals surface area contributed by atoms with Crippen LogP contribution in [0.5, 0.6) is 0 Å². The van der Waals surface area contributed by atoms with E-state index < -0.39 is 0 Å². The second kappa shape index (κ2) is 9.05. The molecule has 0 heterocycles. The van der Waals surface area contributed by atoms with E-state index in [0.717, 1.165) is 11.1 Å². The SMILES string of the molecule is CC(=O)Nc1ccc(C)c(NC(=O)c2ccc(C)c(NC(=O)c3ccccc3)c2)c1. The van der Waals surface area contributed by atoms with Gasteiger partial charge in [-0.2, -0.15) is 0 Å². The van der Waals surface area contributed by atoms with Gasteiger partial charge >= 0.3 is 0 Å². The van der Waals surface area contributed by atoms with Crippen LogP contribution < -0.4 is 16.0 Å². The fourth-order valence-electron chi connectivity index (χ4n) is 2.91. The molecule has 3 rings (SSSR count). The van der Waals surface area contributed by atoms with Crippen LogP contribution in [0.1, 0.15) is 38.8 Å². The van der Waals surface area contributed by atoms with Crippen molar-refractivity contribution in [1.29, 1.82) is 0 Å². The Morgan fingerprint density at radius 1 is 0.633 bits per heavy atom. The average molecular weight is 401 g/mol. The van der Waals surface area contributed by atoms with Crippen molar-refractivity contribution in [3.63, 3.8) is 0 Å². The Morgan fingerprint density at radius 3 is 1.83 bits per heavy atom. The van der Waals surface area contributed by atoms with Crippen molar-refractivity contribution in [2.45, 2.75) is 20.8 Å². The first-order valence-corrected chi connectivity index (χ1v) is 9.50. The molecule has 3 aromatic carbocycles. The Hall–Kier alpha value is -3.93. The van der Waals surface area contributed by atoms with Gasteiger partial charge in [0.1, 0.15) is 0 Å². The molecule has 152 valence electrons. The second-order valence-corrected chi connectivity index (χ2v) is 7.01. The number of benzene rings is 3. The van der Waals surface area contributed by atoms with Crippen LogP contribution >= 0.6 is 0 Å². The summed E-state index contributed by atoms with van der Waals surface area (Å²) in [4.78, 5) is 36.6. The highest BCUT2D eigenvalue weighted by molar-refractivity contribution is 6.08. The Balaban J connectivity index is 1.80. The van der Waals surface area contributed by atoms with Crippen molar-refractivity contribution in [2.75, 3.05) is 16.0 Å². The van der Waals surface area contributed by atoms with Crippen LogP contribution in [0.4, 0.5) is 17.1 Å². The standard InChI is InChI=1S/C24H23N3O3/c1-15-9-11-19(13-21(15)26-23(29)18-7-5-4-6-8-18)24(30)27-22-14-20(25-17(3)28)12-10-16(22)2/h4-14H,1-3H3,(H,25,28)(H,26,29)(H,27,30). The third-order valence-electron chi connectivity index (χ3n) is 4.59. The molecule has 0 aliphatic heterocycles. The maximum atomic E-state index is 12.8. The first-order valence-electron chi connectivity index (χ1n) is 9.50. The van der Waals surface area contributed by atoms with Crippen LogP contribution in [0.25, 0.3) is 0 Å². The van der Waals surface area contributed by atoms with Crippen LogP contribution in [-0.4, -0.2) is 17.7 Å². The number of anilines is 3. The molecule has 0 aliphatic rings. The Kier molecular flexibility index (Phi) is 6.27. The number of hydrogen-bond acceptors (Lipinski definition) is 3. The predicted molar refractivity (Wildman–Crippen MR) is 119 cm³/mol. The zero-order valence-corrected chi connectivity index (χ0v) is 17.1. The molecule has 0 aromatic heterocycles. The Bertz CT molecular complexity index is 1110. The number of amides is 3. The topological polar surface area (TPSA) is 87.3 Å². The molecule has 3 amide bonds. The minimum absolute atomic E-state index is 0.187. The largest absolute Gasteiger partial charge is 0.326 e. The lowest BCUT2D eigenvalue weighted by molar-refractivity contribution is -0.114. The van der Waals surface area contributed by atoms with E-state index >= 15 is 0 Å². The van der Waals surface area contributed by atoms with Crippen molar-refractivity contribution >= 4 is 34.8 Å². The van der Waals surface area contributed by atoms with Crippen molar-refractivity contribution in [3.8, 4) is 0 Å². The maximum Gasteiger partial charge on any atom is 0.255 e. The lowest BCUT2D eigenvalue weighted by atomic mass is 10.1. The van der Waals surface area contributed by atoms with Gasteiger partial charge in [0.2, 0.25) is 5.91 Å². The second-order valence-electron chi connectivity index (χ2n) is 7.01. The summed E-state index contributed by atoms with van der Waals surface area (Å²) in [5.41, 5.74) is 4.43. The molecule has 30 heavy (non-hydrogen) atoms. The van der Waals surface area contributed by atoms with Gasteiger partial charge in [0, 0.05) is 35.1 Å². The maximum absolute atomic E-state index is 12.8. The minimum atomic E-state index is -0.312. The highest BCUT2D eigenvalue weighted by Crippen LogP contribution is 2.23. The molecule has 0 unspecified atom stereocenters. The third-order valence-corrected chi connectivity index (χ3v) is 4.59. The van der Waals surface area contributed by atoms with E-state index in [1.54, 1.807) is 54.6 Å². The van der Waals surface area contributed by atoms with Crippen LogP contribution in [0, 0.1) is 13.8 Å². The minimum Gasteiger partial charge on any atom is -0.326 e. The van der Waals surface area contributed by atoms with Crippen molar-refractivity contribution in [2.24, 2.45) is 0 Å². The van der Waals surface area contributed by atoms with Crippen LogP contribution in [0.15, 0.2) is 66.7 Å². The van der Waals surface area contributed by atoms with Gasteiger partial charge < -0.3 is 16.0 Å². The number of carbonyl (C=O) groups is 3.